The van der Waals surface area contributed by atoms with Gasteiger partial charge in [0.1, 0.15) is 17.5 Å². The molecular formula is C42H34N2O. The van der Waals surface area contributed by atoms with Gasteiger partial charge in [-0.1, -0.05) is 128 Å². The lowest BCUT2D eigenvalue weighted by atomic mass is 9.66. The molecule has 2 aliphatic carbocycles. The number of rotatable bonds is 3. The highest BCUT2D eigenvalue weighted by Crippen LogP contribution is 2.54. The van der Waals surface area contributed by atoms with Crippen LogP contribution in [0.15, 0.2) is 142 Å². The highest BCUT2D eigenvalue weighted by atomic mass is 16.3. The van der Waals surface area contributed by atoms with E-state index < -0.39 is 0 Å². The first-order chi connectivity index (χ1) is 22.2. The Balaban J connectivity index is 1.21. The van der Waals surface area contributed by atoms with Gasteiger partial charge in [-0.3, -0.25) is 4.99 Å². The van der Waals surface area contributed by atoms with Crippen molar-refractivity contribution in [2.45, 2.75) is 43.6 Å². The molecule has 218 valence electrons. The van der Waals surface area contributed by atoms with E-state index in [0.717, 1.165) is 53.1 Å². The minimum atomic E-state index is -0.156. The molecule has 3 heteroatoms. The number of amidine groups is 1. The van der Waals surface area contributed by atoms with Crippen molar-refractivity contribution < 1.29 is 4.42 Å². The smallest absolute Gasteiger partial charge is 0.153 e. The molecule has 0 saturated heterocycles. The van der Waals surface area contributed by atoms with Gasteiger partial charge in [-0.25, -0.2) is 0 Å². The number of allylic oxidation sites excluding steroid dienone is 1. The number of benzene rings is 5. The van der Waals surface area contributed by atoms with Crippen LogP contribution in [0.1, 0.15) is 65.3 Å². The zero-order chi connectivity index (χ0) is 30.0. The molecule has 45 heavy (non-hydrogen) atoms. The second-order valence-corrected chi connectivity index (χ2v) is 12.9. The molecule has 6 aromatic rings. The van der Waals surface area contributed by atoms with Crippen LogP contribution in [0.25, 0.3) is 28.2 Å². The van der Waals surface area contributed by atoms with Crippen molar-refractivity contribution in [2.75, 3.05) is 5.32 Å². The maximum absolute atomic E-state index is 6.70. The van der Waals surface area contributed by atoms with E-state index in [-0.39, 0.29) is 17.4 Å². The van der Waals surface area contributed by atoms with Gasteiger partial charge in [-0.15, -0.1) is 0 Å². The van der Waals surface area contributed by atoms with Crippen LogP contribution in [-0.4, -0.2) is 5.84 Å². The van der Waals surface area contributed by atoms with Crippen LogP contribution in [0.2, 0.25) is 0 Å². The molecule has 0 radical (unpaired) electrons. The van der Waals surface area contributed by atoms with E-state index in [4.69, 9.17) is 9.41 Å². The Morgan fingerprint density at radius 1 is 0.756 bits per heavy atom. The number of hydrogen-bond donors (Lipinski definition) is 1. The lowest BCUT2D eigenvalue weighted by Gasteiger charge is -2.37. The molecule has 0 spiro atoms. The number of furan rings is 1. The van der Waals surface area contributed by atoms with Gasteiger partial charge in [-0.05, 0) is 70.8 Å². The molecule has 3 atom stereocenters. The molecule has 0 amide bonds. The second-order valence-electron chi connectivity index (χ2n) is 12.9. The van der Waals surface area contributed by atoms with Crippen LogP contribution >= 0.6 is 0 Å². The van der Waals surface area contributed by atoms with Crippen molar-refractivity contribution in [3.05, 3.63) is 167 Å². The normalized spacial score (nSPS) is 21.7. The molecule has 5 aromatic carbocycles. The second kappa shape index (κ2) is 10.2. The van der Waals surface area contributed by atoms with E-state index in [1.165, 1.54) is 39.0 Å². The third kappa shape index (κ3) is 4.22. The summed E-state index contributed by atoms with van der Waals surface area (Å²) < 4.78 is 6.70. The molecule has 0 bridgehead atoms. The van der Waals surface area contributed by atoms with Crippen LogP contribution < -0.4 is 5.32 Å². The monoisotopic (exact) mass is 582 g/mol. The predicted molar refractivity (Wildman–Crippen MR) is 185 cm³/mol. The molecule has 3 unspecified atom stereocenters. The average Bonchev–Trinajstić information content (AvgIpc) is 3.42. The summed E-state index contributed by atoms with van der Waals surface area (Å²) in [5.74, 6) is 2.00. The van der Waals surface area contributed by atoms with Crippen molar-refractivity contribution >= 4 is 28.6 Å². The Bertz CT molecular complexity index is 2150. The quantitative estimate of drug-likeness (QED) is 0.225. The minimum absolute atomic E-state index is 0.0557. The van der Waals surface area contributed by atoms with Gasteiger partial charge in [0, 0.05) is 22.3 Å². The molecule has 3 aliphatic rings. The highest BCUT2D eigenvalue weighted by molar-refractivity contribution is 6.14. The zero-order valence-electron chi connectivity index (χ0n) is 25.3. The Morgan fingerprint density at radius 3 is 2.44 bits per heavy atom. The fraction of sp³-hybridized carbons (Fsp3) is 0.167. The van der Waals surface area contributed by atoms with E-state index in [1.54, 1.807) is 0 Å². The van der Waals surface area contributed by atoms with Gasteiger partial charge >= 0.3 is 0 Å². The molecular weight excluding hydrogens is 548 g/mol. The van der Waals surface area contributed by atoms with Crippen LogP contribution in [-0.2, 0) is 11.8 Å². The van der Waals surface area contributed by atoms with Crippen molar-refractivity contribution in [1.29, 1.82) is 0 Å². The Kier molecular flexibility index (Phi) is 5.96. The zero-order valence-corrected chi connectivity index (χ0v) is 25.3. The van der Waals surface area contributed by atoms with E-state index >= 15 is 0 Å². The van der Waals surface area contributed by atoms with Crippen LogP contribution in [0.5, 0.6) is 0 Å². The maximum Gasteiger partial charge on any atom is 0.153 e. The van der Waals surface area contributed by atoms with Crippen LogP contribution in [0.4, 0.5) is 5.69 Å². The van der Waals surface area contributed by atoms with Gasteiger partial charge in [-0.2, -0.15) is 0 Å². The first-order valence-electron chi connectivity index (χ1n) is 16.1. The average molecular weight is 583 g/mol. The summed E-state index contributed by atoms with van der Waals surface area (Å²) >= 11 is 0. The van der Waals surface area contributed by atoms with Gasteiger partial charge in [0.25, 0.3) is 0 Å². The van der Waals surface area contributed by atoms with Gasteiger partial charge in [0.05, 0.1) is 5.69 Å². The van der Waals surface area contributed by atoms with Gasteiger partial charge in [0.2, 0.25) is 0 Å². The fourth-order valence-corrected chi connectivity index (χ4v) is 8.06. The molecule has 1 aliphatic heterocycles. The van der Waals surface area contributed by atoms with Crippen molar-refractivity contribution in [3.8, 4) is 11.1 Å². The van der Waals surface area contributed by atoms with E-state index in [9.17, 15) is 0 Å². The third-order valence-electron chi connectivity index (χ3n) is 10.3. The lowest BCUT2D eigenvalue weighted by molar-refractivity contribution is 0.430. The summed E-state index contributed by atoms with van der Waals surface area (Å²) in [5.41, 5.74) is 12.5. The number of aliphatic imine (C=N–C) groups is 1. The number of nitrogens with one attached hydrogen (secondary N) is 1. The molecule has 0 fully saturated rings. The summed E-state index contributed by atoms with van der Waals surface area (Å²) in [6.45, 7) is 2.45. The minimum Gasteiger partial charge on any atom is -0.456 e. The number of nitrogens with zero attached hydrogens (tertiary/aromatic N) is 1. The highest BCUT2D eigenvalue weighted by Gasteiger charge is 2.43. The number of fused-ring (bicyclic) bond motifs is 7. The summed E-state index contributed by atoms with van der Waals surface area (Å²) in [5, 5.41) is 4.84. The first kappa shape index (κ1) is 26.3. The van der Waals surface area contributed by atoms with E-state index in [1.807, 2.05) is 6.07 Å². The molecule has 0 saturated carbocycles. The van der Waals surface area contributed by atoms with Crippen LogP contribution in [0.3, 0.4) is 0 Å². The maximum atomic E-state index is 6.70. The van der Waals surface area contributed by atoms with Gasteiger partial charge < -0.3 is 9.73 Å². The molecule has 1 N–H and O–H groups in total. The van der Waals surface area contributed by atoms with Crippen LogP contribution in [0, 0.1) is 0 Å². The summed E-state index contributed by atoms with van der Waals surface area (Å²) in [4.78, 5) is 5.56. The summed E-state index contributed by atoms with van der Waals surface area (Å²) in [7, 11) is 0. The standard InChI is InChI=1S/C42H34N2O/c1-42-26-31-15-6-5-14-29(31)25-32(42)22-23-34(33-18-7-9-20-36(33)42)38-40-39(35-19-8-10-21-37(35)45-40)44-41(43-38)30-17-11-16-28(24-30)27-12-3-2-4-13-27/h2-21,24-25,34,38H,22-23,26H2,1H3,(H,43,44). The molecule has 9 rings (SSSR count). The number of anilines is 1. The molecule has 3 nitrogen and oxygen atoms in total. The number of hydrogen-bond acceptors (Lipinski definition) is 3. The largest absolute Gasteiger partial charge is 0.456 e. The van der Waals surface area contributed by atoms with E-state index in [0.29, 0.717) is 0 Å². The summed E-state index contributed by atoms with van der Waals surface area (Å²) in [6.07, 6.45) is 5.51. The Labute approximate surface area is 264 Å². The van der Waals surface area contributed by atoms with E-state index in [2.05, 4.69) is 140 Å². The summed E-state index contributed by atoms with van der Waals surface area (Å²) in [6, 6.07) is 45.5. The first-order valence-corrected chi connectivity index (χ1v) is 16.1. The number of para-hydroxylation sites is 1. The molecule has 2 heterocycles. The molecule has 1 aromatic heterocycles. The van der Waals surface area contributed by atoms with Gasteiger partial charge in [0.15, 0.2) is 5.76 Å². The SMILES string of the molecule is CC12Cc3ccccc3C=C1CCC(C1N=C(c3cccc(-c4ccccc4)c3)Nc3c1oc1ccccc31)c1ccccc12. The lowest BCUT2D eigenvalue weighted by Crippen LogP contribution is -2.30. The van der Waals surface area contributed by atoms with Crippen molar-refractivity contribution in [2.24, 2.45) is 4.99 Å². The van der Waals surface area contributed by atoms with Crippen molar-refractivity contribution in [3.63, 3.8) is 0 Å². The third-order valence-corrected chi connectivity index (χ3v) is 10.3. The Morgan fingerprint density at radius 2 is 1.51 bits per heavy atom. The Hall–Kier alpha value is -5.15. The topological polar surface area (TPSA) is 37.5 Å². The fourth-order valence-electron chi connectivity index (χ4n) is 8.06. The van der Waals surface area contributed by atoms with Crippen molar-refractivity contribution in [1.82, 2.24) is 0 Å². The predicted octanol–water partition coefficient (Wildman–Crippen LogP) is 10.5.